The highest BCUT2D eigenvalue weighted by Crippen LogP contribution is 2.27. The van der Waals surface area contributed by atoms with Crippen molar-refractivity contribution in [2.75, 3.05) is 13.2 Å². The van der Waals surface area contributed by atoms with Crippen LogP contribution in [0.1, 0.15) is 28.4 Å². The summed E-state index contributed by atoms with van der Waals surface area (Å²) in [6.07, 6.45) is 3.58. The van der Waals surface area contributed by atoms with Crippen molar-refractivity contribution in [3.05, 3.63) is 46.2 Å². The van der Waals surface area contributed by atoms with Crippen molar-refractivity contribution < 1.29 is 9.53 Å². The number of ether oxygens (including phenoxy) is 1. The van der Waals surface area contributed by atoms with E-state index in [0.29, 0.717) is 12.2 Å². The molecule has 0 spiro atoms. The molecule has 2 heterocycles. The Kier molecular flexibility index (Phi) is 3.48. The predicted octanol–water partition coefficient (Wildman–Crippen LogP) is 2.95. The fourth-order valence-corrected chi connectivity index (χ4v) is 2.70. The predicted molar refractivity (Wildman–Crippen MR) is 74.8 cm³/mol. The normalized spacial score (nSPS) is 18.7. The van der Waals surface area contributed by atoms with Gasteiger partial charge in [-0.3, -0.25) is 4.79 Å². The maximum atomic E-state index is 11.2. The van der Waals surface area contributed by atoms with Crippen LogP contribution in [0.15, 0.2) is 34.9 Å². The lowest BCUT2D eigenvalue weighted by atomic mass is 10.0. The van der Waals surface area contributed by atoms with Gasteiger partial charge >= 0.3 is 0 Å². The number of carbonyl (C=O) groups is 1. The summed E-state index contributed by atoms with van der Waals surface area (Å²) in [4.78, 5) is 11.2. The zero-order valence-corrected chi connectivity index (χ0v) is 11.8. The summed E-state index contributed by atoms with van der Waals surface area (Å²) in [5.41, 5.74) is 2.42. The first-order chi connectivity index (χ1) is 9.28. The van der Waals surface area contributed by atoms with Gasteiger partial charge in [0, 0.05) is 23.2 Å². The average molecular weight is 321 g/mol. The Morgan fingerprint density at radius 2 is 2.37 bits per heavy atom. The lowest BCUT2D eigenvalue weighted by Crippen LogP contribution is -2.03. The van der Waals surface area contributed by atoms with Gasteiger partial charge in [-0.1, -0.05) is 22.0 Å². The molecule has 0 bridgehead atoms. The molecule has 2 aromatic rings. The van der Waals surface area contributed by atoms with Crippen LogP contribution in [0.25, 0.3) is 5.69 Å². The highest BCUT2D eigenvalue weighted by molar-refractivity contribution is 9.10. The molecule has 1 aromatic carbocycles. The van der Waals surface area contributed by atoms with E-state index in [-0.39, 0.29) is 5.92 Å². The zero-order chi connectivity index (χ0) is 13.2. The van der Waals surface area contributed by atoms with Crippen molar-refractivity contribution in [2.24, 2.45) is 0 Å². The molecule has 1 aliphatic rings. The second-order valence-corrected chi connectivity index (χ2v) is 5.49. The third kappa shape index (κ3) is 2.48. The fraction of sp³-hybridized carbons (Fsp3) is 0.286. The van der Waals surface area contributed by atoms with Crippen LogP contribution in [0, 0.1) is 0 Å². The average Bonchev–Trinajstić information content (AvgIpc) is 3.07. The van der Waals surface area contributed by atoms with Crippen LogP contribution in [0.5, 0.6) is 0 Å². The molecular formula is C14H13BrN2O2. The minimum Gasteiger partial charge on any atom is -0.381 e. The number of rotatable bonds is 3. The number of aldehydes is 1. The van der Waals surface area contributed by atoms with E-state index in [0.717, 1.165) is 35.2 Å². The number of hydrogen-bond donors (Lipinski definition) is 0. The Hall–Kier alpha value is -1.46. The lowest BCUT2D eigenvalue weighted by molar-refractivity contribution is 0.112. The molecule has 1 fully saturated rings. The van der Waals surface area contributed by atoms with E-state index < -0.39 is 0 Å². The maximum absolute atomic E-state index is 11.2. The van der Waals surface area contributed by atoms with E-state index in [2.05, 4.69) is 21.0 Å². The molecule has 4 nitrogen and oxygen atoms in total. The molecule has 1 aromatic heterocycles. The van der Waals surface area contributed by atoms with Crippen LogP contribution in [-0.2, 0) is 4.74 Å². The third-order valence-electron chi connectivity index (χ3n) is 3.29. The van der Waals surface area contributed by atoms with Crippen molar-refractivity contribution >= 4 is 22.2 Å². The van der Waals surface area contributed by atoms with Gasteiger partial charge in [-0.05, 0) is 24.6 Å². The van der Waals surface area contributed by atoms with Crippen molar-refractivity contribution in [1.82, 2.24) is 9.78 Å². The second-order valence-electron chi connectivity index (χ2n) is 4.57. The largest absolute Gasteiger partial charge is 0.381 e. The second kappa shape index (κ2) is 5.27. The molecule has 19 heavy (non-hydrogen) atoms. The van der Waals surface area contributed by atoms with Crippen LogP contribution in [0.2, 0.25) is 0 Å². The molecule has 0 saturated carbocycles. The monoisotopic (exact) mass is 320 g/mol. The van der Waals surface area contributed by atoms with Crippen LogP contribution in [0.3, 0.4) is 0 Å². The van der Waals surface area contributed by atoms with Crippen molar-refractivity contribution in [3.63, 3.8) is 0 Å². The lowest BCUT2D eigenvalue weighted by Gasteiger charge is -2.04. The van der Waals surface area contributed by atoms with Crippen molar-refractivity contribution in [3.8, 4) is 5.69 Å². The van der Waals surface area contributed by atoms with E-state index in [1.165, 1.54) is 0 Å². The molecule has 1 saturated heterocycles. The number of carbonyl (C=O) groups excluding carboxylic acids is 1. The standard InChI is InChI=1S/C14H13BrN2O2/c15-12-2-1-3-13(6-12)17-7-11(8-18)14(16-17)10-4-5-19-9-10/h1-3,6-8,10H,4-5,9H2. The molecule has 98 valence electrons. The quantitative estimate of drug-likeness (QED) is 0.817. The summed E-state index contributed by atoms with van der Waals surface area (Å²) in [6, 6.07) is 7.83. The number of benzene rings is 1. The third-order valence-corrected chi connectivity index (χ3v) is 3.78. The van der Waals surface area contributed by atoms with Gasteiger partial charge in [0.15, 0.2) is 6.29 Å². The van der Waals surface area contributed by atoms with Gasteiger partial charge in [0.1, 0.15) is 0 Å². The number of nitrogens with zero attached hydrogens (tertiary/aromatic N) is 2. The summed E-state index contributed by atoms with van der Waals surface area (Å²) < 4.78 is 8.11. The number of halogens is 1. The molecule has 5 heteroatoms. The van der Waals surface area contributed by atoms with Gasteiger partial charge in [-0.25, -0.2) is 4.68 Å². The van der Waals surface area contributed by atoms with Gasteiger partial charge < -0.3 is 4.74 Å². The number of hydrogen-bond acceptors (Lipinski definition) is 3. The highest BCUT2D eigenvalue weighted by Gasteiger charge is 2.24. The summed E-state index contributed by atoms with van der Waals surface area (Å²) in [5.74, 6) is 0.230. The van der Waals surface area contributed by atoms with Crippen molar-refractivity contribution in [1.29, 1.82) is 0 Å². The molecule has 0 N–H and O–H groups in total. The van der Waals surface area contributed by atoms with E-state index >= 15 is 0 Å². The van der Waals surface area contributed by atoms with E-state index in [1.807, 2.05) is 24.3 Å². The summed E-state index contributed by atoms with van der Waals surface area (Å²) in [5, 5.41) is 4.56. The molecule has 0 amide bonds. The van der Waals surface area contributed by atoms with Gasteiger partial charge in [0.05, 0.1) is 23.6 Å². The van der Waals surface area contributed by atoms with Crippen LogP contribution in [-0.4, -0.2) is 29.3 Å². The first-order valence-electron chi connectivity index (χ1n) is 6.16. The minimum absolute atomic E-state index is 0.230. The molecule has 0 radical (unpaired) electrons. The fourth-order valence-electron chi connectivity index (χ4n) is 2.31. The van der Waals surface area contributed by atoms with E-state index in [9.17, 15) is 4.79 Å². The molecule has 0 aliphatic carbocycles. The van der Waals surface area contributed by atoms with Gasteiger partial charge in [-0.2, -0.15) is 5.10 Å². The Morgan fingerprint density at radius 1 is 1.47 bits per heavy atom. The molecule has 3 rings (SSSR count). The first-order valence-corrected chi connectivity index (χ1v) is 6.95. The summed E-state index contributed by atoms with van der Waals surface area (Å²) in [6.45, 7) is 1.39. The van der Waals surface area contributed by atoms with Crippen LogP contribution in [0.4, 0.5) is 0 Å². The van der Waals surface area contributed by atoms with Crippen LogP contribution < -0.4 is 0 Å². The minimum atomic E-state index is 0.230. The van der Waals surface area contributed by atoms with Crippen LogP contribution >= 0.6 is 15.9 Å². The molecule has 1 unspecified atom stereocenters. The van der Waals surface area contributed by atoms with Gasteiger partial charge in [-0.15, -0.1) is 0 Å². The molecule has 1 aliphatic heterocycles. The van der Waals surface area contributed by atoms with Gasteiger partial charge in [0.2, 0.25) is 0 Å². The van der Waals surface area contributed by atoms with E-state index in [1.54, 1.807) is 10.9 Å². The number of aromatic nitrogens is 2. The zero-order valence-electron chi connectivity index (χ0n) is 10.3. The Morgan fingerprint density at radius 3 is 3.05 bits per heavy atom. The topological polar surface area (TPSA) is 44.1 Å². The maximum Gasteiger partial charge on any atom is 0.153 e. The van der Waals surface area contributed by atoms with Crippen molar-refractivity contribution in [2.45, 2.75) is 12.3 Å². The van der Waals surface area contributed by atoms with E-state index in [4.69, 9.17) is 4.74 Å². The molecule has 1 atom stereocenters. The smallest absolute Gasteiger partial charge is 0.153 e. The summed E-state index contributed by atoms with van der Waals surface area (Å²) in [7, 11) is 0. The highest BCUT2D eigenvalue weighted by atomic mass is 79.9. The van der Waals surface area contributed by atoms with Gasteiger partial charge in [0.25, 0.3) is 0 Å². The molecular weight excluding hydrogens is 308 g/mol. The summed E-state index contributed by atoms with van der Waals surface area (Å²) >= 11 is 3.44. The Labute approximate surface area is 119 Å². The first kappa shape index (κ1) is 12.6. The SMILES string of the molecule is O=Cc1cn(-c2cccc(Br)c2)nc1C1CCOC1. The Balaban J connectivity index is 2.01. The Bertz CT molecular complexity index is 603.